The van der Waals surface area contributed by atoms with E-state index >= 15 is 0 Å². The molecule has 1 aliphatic heterocycles. The molecule has 1 fully saturated rings. The number of nitrogens with one attached hydrogen (secondary N) is 3. The lowest BCUT2D eigenvalue weighted by molar-refractivity contribution is 0.0656. The first-order chi connectivity index (χ1) is 12.5. The number of hydrogen-bond donors (Lipinski definition) is 3. The summed E-state index contributed by atoms with van der Waals surface area (Å²) in [5.74, 6) is -0.00878. The summed E-state index contributed by atoms with van der Waals surface area (Å²) in [4.78, 5) is 26.9. The highest BCUT2D eigenvalue weighted by Gasteiger charge is 2.24. The SMILES string of the molecule is Cc1ccc(C(=O)N2CCNCC2C)cc1NC(=O)Nc1ccccc1.Cl. The molecule has 7 heteroatoms. The maximum absolute atomic E-state index is 12.8. The van der Waals surface area contributed by atoms with Gasteiger partial charge in [-0.15, -0.1) is 12.4 Å². The van der Waals surface area contributed by atoms with Crippen molar-refractivity contribution in [1.29, 1.82) is 0 Å². The Morgan fingerprint density at radius 2 is 1.85 bits per heavy atom. The van der Waals surface area contributed by atoms with Gasteiger partial charge in [0.1, 0.15) is 0 Å². The van der Waals surface area contributed by atoms with Gasteiger partial charge in [-0.05, 0) is 43.7 Å². The van der Waals surface area contributed by atoms with E-state index in [1.165, 1.54) is 0 Å². The van der Waals surface area contributed by atoms with Gasteiger partial charge in [-0.25, -0.2) is 4.79 Å². The summed E-state index contributed by atoms with van der Waals surface area (Å²) < 4.78 is 0. The molecule has 0 aromatic heterocycles. The van der Waals surface area contributed by atoms with Crippen molar-refractivity contribution in [3.8, 4) is 0 Å². The lowest BCUT2D eigenvalue weighted by atomic mass is 10.1. The number of halogens is 1. The van der Waals surface area contributed by atoms with E-state index in [9.17, 15) is 9.59 Å². The highest BCUT2D eigenvalue weighted by Crippen LogP contribution is 2.20. The number of anilines is 2. The number of carbonyl (C=O) groups is 2. The quantitative estimate of drug-likeness (QED) is 0.753. The molecular formula is C20H25ClN4O2. The maximum atomic E-state index is 12.8. The Bertz CT molecular complexity index is 798. The Hall–Kier alpha value is -2.57. The highest BCUT2D eigenvalue weighted by atomic mass is 35.5. The Kier molecular flexibility index (Phi) is 7.21. The van der Waals surface area contributed by atoms with Crippen molar-refractivity contribution < 1.29 is 9.59 Å². The second-order valence-electron chi connectivity index (χ2n) is 6.53. The van der Waals surface area contributed by atoms with E-state index < -0.39 is 0 Å². The summed E-state index contributed by atoms with van der Waals surface area (Å²) in [6, 6.07) is 14.5. The van der Waals surface area contributed by atoms with Crippen LogP contribution in [0.15, 0.2) is 48.5 Å². The molecule has 0 bridgehead atoms. The van der Waals surface area contributed by atoms with E-state index in [0.717, 1.165) is 18.7 Å². The zero-order chi connectivity index (χ0) is 18.5. The average molecular weight is 389 g/mol. The second kappa shape index (κ2) is 9.39. The van der Waals surface area contributed by atoms with E-state index in [4.69, 9.17) is 0 Å². The van der Waals surface area contributed by atoms with Crippen LogP contribution in [0.4, 0.5) is 16.2 Å². The van der Waals surface area contributed by atoms with Crippen LogP contribution in [-0.2, 0) is 0 Å². The predicted molar refractivity (Wildman–Crippen MR) is 111 cm³/mol. The van der Waals surface area contributed by atoms with Crippen molar-refractivity contribution in [3.05, 3.63) is 59.7 Å². The number of hydrogen-bond acceptors (Lipinski definition) is 3. The number of carbonyl (C=O) groups excluding carboxylic acids is 2. The van der Waals surface area contributed by atoms with Gasteiger partial charge in [-0.2, -0.15) is 0 Å². The van der Waals surface area contributed by atoms with Crippen LogP contribution in [0.5, 0.6) is 0 Å². The van der Waals surface area contributed by atoms with Crippen molar-refractivity contribution in [1.82, 2.24) is 10.2 Å². The number of piperazine rings is 1. The van der Waals surface area contributed by atoms with Crippen LogP contribution in [0.1, 0.15) is 22.8 Å². The average Bonchev–Trinajstić information content (AvgIpc) is 2.64. The van der Waals surface area contributed by atoms with Gasteiger partial charge < -0.3 is 20.9 Å². The molecule has 3 N–H and O–H groups in total. The lowest BCUT2D eigenvalue weighted by Gasteiger charge is -2.34. The number of rotatable bonds is 3. The van der Waals surface area contributed by atoms with Crippen LogP contribution < -0.4 is 16.0 Å². The first-order valence-corrected chi connectivity index (χ1v) is 8.80. The Labute approximate surface area is 165 Å². The van der Waals surface area contributed by atoms with Crippen molar-refractivity contribution in [3.63, 3.8) is 0 Å². The third kappa shape index (κ3) is 5.21. The van der Waals surface area contributed by atoms with Gasteiger partial charge in [0.2, 0.25) is 0 Å². The molecule has 1 aliphatic rings. The van der Waals surface area contributed by atoms with Crippen LogP contribution in [0, 0.1) is 6.92 Å². The molecule has 1 saturated heterocycles. The van der Waals surface area contributed by atoms with Crippen molar-refractivity contribution in [2.75, 3.05) is 30.3 Å². The Morgan fingerprint density at radius 3 is 2.56 bits per heavy atom. The van der Waals surface area contributed by atoms with Crippen LogP contribution >= 0.6 is 12.4 Å². The molecule has 6 nitrogen and oxygen atoms in total. The van der Waals surface area contributed by atoms with E-state index in [0.29, 0.717) is 23.5 Å². The number of aryl methyl sites for hydroxylation is 1. The molecule has 27 heavy (non-hydrogen) atoms. The minimum absolute atomic E-state index is 0. The van der Waals surface area contributed by atoms with Crippen molar-refractivity contribution >= 4 is 35.7 Å². The number of benzene rings is 2. The van der Waals surface area contributed by atoms with Crippen LogP contribution in [0.3, 0.4) is 0 Å². The topological polar surface area (TPSA) is 73.5 Å². The molecule has 2 aromatic carbocycles. The minimum atomic E-state index is -0.334. The van der Waals surface area contributed by atoms with E-state index in [-0.39, 0.29) is 30.4 Å². The standard InChI is InChI=1S/C20H24N4O2.ClH/c1-14-8-9-16(19(25)24-11-10-21-13-15(24)2)12-18(14)23-20(26)22-17-6-4-3-5-7-17;/h3-9,12,15,21H,10-11,13H2,1-2H3,(H2,22,23,26);1H. The van der Waals surface area contributed by atoms with Gasteiger partial charge >= 0.3 is 6.03 Å². The summed E-state index contributed by atoms with van der Waals surface area (Å²) in [5.41, 5.74) is 2.83. The first-order valence-electron chi connectivity index (χ1n) is 8.80. The predicted octanol–water partition coefficient (Wildman–Crippen LogP) is 3.49. The van der Waals surface area contributed by atoms with Gasteiger partial charge in [0.25, 0.3) is 5.91 Å². The number of nitrogens with zero attached hydrogens (tertiary/aromatic N) is 1. The highest BCUT2D eigenvalue weighted by molar-refractivity contribution is 6.02. The smallest absolute Gasteiger partial charge is 0.323 e. The Morgan fingerprint density at radius 1 is 1.11 bits per heavy atom. The van der Waals surface area contributed by atoms with Gasteiger partial charge in [0, 0.05) is 42.6 Å². The lowest BCUT2D eigenvalue weighted by Crippen LogP contribution is -2.52. The zero-order valence-corrected chi connectivity index (χ0v) is 16.3. The van der Waals surface area contributed by atoms with E-state index in [2.05, 4.69) is 16.0 Å². The fourth-order valence-electron chi connectivity index (χ4n) is 3.00. The molecule has 3 rings (SSSR count). The number of para-hydroxylation sites is 1. The van der Waals surface area contributed by atoms with Crippen molar-refractivity contribution in [2.45, 2.75) is 19.9 Å². The van der Waals surface area contributed by atoms with E-state index in [1.54, 1.807) is 6.07 Å². The minimum Gasteiger partial charge on any atom is -0.333 e. The third-order valence-corrected chi connectivity index (χ3v) is 4.53. The molecule has 1 heterocycles. The summed E-state index contributed by atoms with van der Waals surface area (Å²) in [5, 5.41) is 8.90. The number of amides is 3. The zero-order valence-electron chi connectivity index (χ0n) is 15.5. The van der Waals surface area contributed by atoms with E-state index in [1.807, 2.05) is 61.2 Å². The summed E-state index contributed by atoms with van der Waals surface area (Å²) in [7, 11) is 0. The van der Waals surface area contributed by atoms with Crippen molar-refractivity contribution in [2.24, 2.45) is 0 Å². The summed E-state index contributed by atoms with van der Waals surface area (Å²) >= 11 is 0. The fourth-order valence-corrected chi connectivity index (χ4v) is 3.00. The first kappa shape index (κ1) is 20.7. The third-order valence-electron chi connectivity index (χ3n) is 4.53. The molecule has 2 aromatic rings. The summed E-state index contributed by atoms with van der Waals surface area (Å²) in [6.45, 7) is 6.21. The van der Waals surface area contributed by atoms with Crippen LogP contribution in [0.25, 0.3) is 0 Å². The fraction of sp³-hybridized carbons (Fsp3) is 0.300. The van der Waals surface area contributed by atoms with Crippen LogP contribution in [-0.4, -0.2) is 42.5 Å². The Balaban J connectivity index is 0.00000261. The number of urea groups is 1. The molecule has 0 saturated carbocycles. The maximum Gasteiger partial charge on any atom is 0.323 e. The van der Waals surface area contributed by atoms with Gasteiger partial charge in [0.05, 0.1) is 0 Å². The van der Waals surface area contributed by atoms with Gasteiger partial charge in [0.15, 0.2) is 0 Å². The molecule has 144 valence electrons. The molecule has 3 amide bonds. The second-order valence-corrected chi connectivity index (χ2v) is 6.53. The molecular weight excluding hydrogens is 364 g/mol. The summed E-state index contributed by atoms with van der Waals surface area (Å²) in [6.07, 6.45) is 0. The largest absolute Gasteiger partial charge is 0.333 e. The molecule has 0 radical (unpaired) electrons. The normalized spacial score (nSPS) is 16.2. The van der Waals surface area contributed by atoms with Crippen LogP contribution in [0.2, 0.25) is 0 Å². The molecule has 0 aliphatic carbocycles. The molecule has 0 spiro atoms. The monoisotopic (exact) mass is 388 g/mol. The molecule has 1 atom stereocenters. The van der Waals surface area contributed by atoms with Gasteiger partial charge in [-0.1, -0.05) is 24.3 Å². The molecule has 1 unspecified atom stereocenters. The van der Waals surface area contributed by atoms with Gasteiger partial charge in [-0.3, -0.25) is 4.79 Å².